The smallest absolute Gasteiger partial charge is 0.123 e. The summed E-state index contributed by atoms with van der Waals surface area (Å²) in [6.07, 6.45) is 1.28. The molecule has 2 aromatic rings. The van der Waals surface area contributed by atoms with Gasteiger partial charge in [-0.05, 0) is 53.9 Å². The summed E-state index contributed by atoms with van der Waals surface area (Å²) in [6, 6.07) is 6.59. The Morgan fingerprint density at radius 2 is 2.10 bits per heavy atom. The summed E-state index contributed by atoms with van der Waals surface area (Å²) in [5, 5.41) is 4.37. The van der Waals surface area contributed by atoms with E-state index in [1.54, 1.807) is 6.07 Å². The molecule has 2 rings (SSSR count). The Labute approximate surface area is 127 Å². The molecular formula is C15H19BrFN3. The first-order valence-electron chi connectivity index (χ1n) is 6.50. The van der Waals surface area contributed by atoms with Crippen molar-refractivity contribution in [2.45, 2.75) is 32.2 Å². The Morgan fingerprint density at radius 1 is 1.40 bits per heavy atom. The highest BCUT2D eigenvalue weighted by molar-refractivity contribution is 9.10. The zero-order valence-corrected chi connectivity index (χ0v) is 13.5. The maximum atomic E-state index is 13.2. The predicted octanol–water partition coefficient (Wildman–Crippen LogP) is 3.13. The summed E-state index contributed by atoms with van der Waals surface area (Å²) in [4.78, 5) is 0. The van der Waals surface area contributed by atoms with Crippen LogP contribution in [0.4, 0.5) is 4.39 Å². The maximum Gasteiger partial charge on any atom is 0.123 e. The highest BCUT2D eigenvalue weighted by atomic mass is 79.9. The van der Waals surface area contributed by atoms with Gasteiger partial charge in [-0.15, -0.1) is 0 Å². The minimum absolute atomic E-state index is 0.226. The summed E-state index contributed by atoms with van der Waals surface area (Å²) in [5.41, 5.74) is 8.85. The molecule has 1 unspecified atom stereocenters. The minimum atomic E-state index is -0.462. The van der Waals surface area contributed by atoms with Crippen molar-refractivity contribution in [2.75, 3.05) is 0 Å². The van der Waals surface area contributed by atoms with E-state index in [2.05, 4.69) is 21.0 Å². The molecule has 0 radical (unpaired) electrons. The number of benzene rings is 1. The van der Waals surface area contributed by atoms with Crippen molar-refractivity contribution in [3.05, 3.63) is 51.5 Å². The van der Waals surface area contributed by atoms with Gasteiger partial charge in [0.1, 0.15) is 5.82 Å². The van der Waals surface area contributed by atoms with Gasteiger partial charge in [0, 0.05) is 19.0 Å². The molecule has 0 aliphatic heterocycles. The second-order valence-corrected chi connectivity index (χ2v) is 6.40. The van der Waals surface area contributed by atoms with E-state index in [9.17, 15) is 4.39 Å². The number of aryl methyl sites for hydroxylation is 2. The Bertz CT molecular complexity index is 620. The summed E-state index contributed by atoms with van der Waals surface area (Å²) < 4.78 is 16.1. The van der Waals surface area contributed by atoms with Crippen LogP contribution in [0, 0.1) is 12.7 Å². The fraction of sp³-hybridized carbons (Fsp3) is 0.400. The molecule has 5 heteroatoms. The molecule has 2 N–H and O–H groups in total. The normalized spacial score (nSPS) is 14.3. The summed E-state index contributed by atoms with van der Waals surface area (Å²) in [7, 11) is 1.91. The standard InChI is InChI=1S/C15H19BrFN3/c1-10-14(16)13(20(3)19-10)9-15(2,18)8-11-5-4-6-12(17)7-11/h4-7H,8-9,18H2,1-3H3. The van der Waals surface area contributed by atoms with Crippen LogP contribution in [-0.2, 0) is 19.9 Å². The monoisotopic (exact) mass is 339 g/mol. The van der Waals surface area contributed by atoms with E-state index in [1.165, 1.54) is 12.1 Å². The van der Waals surface area contributed by atoms with E-state index in [-0.39, 0.29) is 5.82 Å². The molecule has 0 aliphatic carbocycles. The first-order valence-corrected chi connectivity index (χ1v) is 7.29. The average molecular weight is 340 g/mol. The van der Waals surface area contributed by atoms with Gasteiger partial charge in [-0.3, -0.25) is 4.68 Å². The minimum Gasteiger partial charge on any atom is -0.325 e. The maximum absolute atomic E-state index is 13.2. The zero-order chi connectivity index (χ0) is 14.9. The molecule has 3 nitrogen and oxygen atoms in total. The largest absolute Gasteiger partial charge is 0.325 e. The van der Waals surface area contributed by atoms with E-state index >= 15 is 0 Å². The molecule has 0 amide bonds. The zero-order valence-electron chi connectivity index (χ0n) is 12.0. The lowest BCUT2D eigenvalue weighted by molar-refractivity contribution is 0.446. The number of hydrogen-bond acceptors (Lipinski definition) is 2. The molecule has 0 bridgehead atoms. The summed E-state index contributed by atoms with van der Waals surface area (Å²) in [6.45, 7) is 3.93. The van der Waals surface area contributed by atoms with Crippen LogP contribution in [-0.4, -0.2) is 15.3 Å². The second kappa shape index (κ2) is 5.66. The lowest BCUT2D eigenvalue weighted by Crippen LogP contribution is -2.41. The number of hydrogen-bond donors (Lipinski definition) is 1. The van der Waals surface area contributed by atoms with Crippen LogP contribution in [0.3, 0.4) is 0 Å². The van der Waals surface area contributed by atoms with Gasteiger partial charge in [0.15, 0.2) is 0 Å². The number of aromatic nitrogens is 2. The molecule has 1 heterocycles. The van der Waals surface area contributed by atoms with Gasteiger partial charge >= 0.3 is 0 Å². The lowest BCUT2D eigenvalue weighted by atomic mass is 9.89. The van der Waals surface area contributed by atoms with E-state index in [4.69, 9.17) is 5.73 Å². The molecule has 0 fully saturated rings. The van der Waals surface area contributed by atoms with Gasteiger partial charge in [-0.1, -0.05) is 12.1 Å². The molecule has 1 aromatic carbocycles. The van der Waals surface area contributed by atoms with Crippen LogP contribution in [0.5, 0.6) is 0 Å². The molecule has 1 atom stereocenters. The highest BCUT2D eigenvalue weighted by Crippen LogP contribution is 2.25. The van der Waals surface area contributed by atoms with Gasteiger partial charge in [0.05, 0.1) is 15.9 Å². The van der Waals surface area contributed by atoms with Crippen molar-refractivity contribution in [3.8, 4) is 0 Å². The quantitative estimate of drug-likeness (QED) is 0.929. The van der Waals surface area contributed by atoms with Crippen LogP contribution in [0.25, 0.3) is 0 Å². The molecule has 0 saturated carbocycles. The van der Waals surface area contributed by atoms with Crippen LogP contribution < -0.4 is 5.73 Å². The van der Waals surface area contributed by atoms with Gasteiger partial charge in [0.25, 0.3) is 0 Å². The predicted molar refractivity (Wildman–Crippen MR) is 82.0 cm³/mol. The third-order valence-corrected chi connectivity index (χ3v) is 4.36. The van der Waals surface area contributed by atoms with Crippen molar-refractivity contribution >= 4 is 15.9 Å². The van der Waals surface area contributed by atoms with Crippen LogP contribution in [0.2, 0.25) is 0 Å². The third-order valence-electron chi connectivity index (χ3n) is 3.33. The van der Waals surface area contributed by atoms with E-state index in [0.29, 0.717) is 12.8 Å². The molecule has 0 aliphatic rings. The SMILES string of the molecule is Cc1nn(C)c(CC(C)(N)Cc2cccc(F)c2)c1Br. The Hall–Kier alpha value is -1.20. The molecule has 0 spiro atoms. The molecule has 0 saturated heterocycles. The van der Waals surface area contributed by atoms with Crippen molar-refractivity contribution in [2.24, 2.45) is 12.8 Å². The molecule has 1 aromatic heterocycles. The first-order chi connectivity index (χ1) is 9.28. The van der Waals surface area contributed by atoms with Crippen molar-refractivity contribution < 1.29 is 4.39 Å². The van der Waals surface area contributed by atoms with Gasteiger partial charge < -0.3 is 5.73 Å². The lowest BCUT2D eigenvalue weighted by Gasteiger charge is -2.25. The Balaban J connectivity index is 2.18. The summed E-state index contributed by atoms with van der Waals surface area (Å²) >= 11 is 3.55. The van der Waals surface area contributed by atoms with E-state index in [0.717, 1.165) is 21.4 Å². The average Bonchev–Trinajstić information content (AvgIpc) is 2.55. The van der Waals surface area contributed by atoms with E-state index < -0.39 is 5.54 Å². The van der Waals surface area contributed by atoms with Crippen LogP contribution >= 0.6 is 15.9 Å². The van der Waals surface area contributed by atoms with Crippen LogP contribution in [0.1, 0.15) is 23.9 Å². The van der Waals surface area contributed by atoms with Gasteiger partial charge in [0.2, 0.25) is 0 Å². The van der Waals surface area contributed by atoms with Gasteiger partial charge in [-0.25, -0.2) is 4.39 Å². The Kier molecular flexibility index (Phi) is 4.30. The number of rotatable bonds is 4. The first kappa shape index (κ1) is 15.2. The number of nitrogens with zero attached hydrogens (tertiary/aromatic N) is 2. The number of nitrogens with two attached hydrogens (primary N) is 1. The fourth-order valence-corrected chi connectivity index (χ4v) is 2.91. The summed E-state index contributed by atoms with van der Waals surface area (Å²) in [5.74, 6) is -0.226. The fourth-order valence-electron chi connectivity index (χ4n) is 2.43. The third kappa shape index (κ3) is 3.46. The molecule has 20 heavy (non-hydrogen) atoms. The number of halogens is 2. The molecular weight excluding hydrogens is 321 g/mol. The van der Waals surface area contributed by atoms with Gasteiger partial charge in [-0.2, -0.15) is 5.10 Å². The van der Waals surface area contributed by atoms with E-state index in [1.807, 2.05) is 31.6 Å². The van der Waals surface area contributed by atoms with Crippen LogP contribution in [0.15, 0.2) is 28.7 Å². The van der Waals surface area contributed by atoms with Crippen molar-refractivity contribution in [3.63, 3.8) is 0 Å². The topological polar surface area (TPSA) is 43.8 Å². The second-order valence-electron chi connectivity index (χ2n) is 5.61. The Morgan fingerprint density at radius 3 is 2.65 bits per heavy atom. The van der Waals surface area contributed by atoms with Crippen molar-refractivity contribution in [1.82, 2.24) is 9.78 Å². The highest BCUT2D eigenvalue weighted by Gasteiger charge is 2.24. The molecule has 108 valence electrons. The van der Waals surface area contributed by atoms with Crippen molar-refractivity contribution in [1.29, 1.82) is 0 Å².